The van der Waals surface area contributed by atoms with Crippen molar-refractivity contribution in [2.75, 3.05) is 23.3 Å². The first-order valence-electron chi connectivity index (χ1n) is 20.0. The van der Waals surface area contributed by atoms with E-state index in [1.54, 1.807) is 0 Å². The van der Waals surface area contributed by atoms with Gasteiger partial charge in [-0.25, -0.2) is 0 Å². The molecule has 6 rings (SSSR count). The number of anilines is 2. The number of allylic oxidation sites excluding steroid dienone is 7. The molecular weight excluding hydrogens is 703 g/mol. The van der Waals surface area contributed by atoms with E-state index < -0.39 is 16.8 Å². The van der Waals surface area contributed by atoms with Gasteiger partial charge < -0.3 is 20.1 Å². The number of carboxylic acid groups (broad SMARTS) is 1. The summed E-state index contributed by atoms with van der Waals surface area (Å²) >= 11 is 0. The van der Waals surface area contributed by atoms with Crippen LogP contribution in [0.1, 0.15) is 76.5 Å². The molecule has 0 saturated carbocycles. The normalized spacial score (nSPS) is 17.1. The average Bonchev–Trinajstić information content (AvgIpc) is 3.43. The van der Waals surface area contributed by atoms with Crippen molar-refractivity contribution in [2.45, 2.75) is 77.0 Å². The molecule has 1 atom stereocenters. The largest absolute Gasteiger partial charge is 0.481 e. The van der Waals surface area contributed by atoms with Crippen LogP contribution in [-0.2, 0) is 26.8 Å². The minimum absolute atomic E-state index is 0.00230. The van der Waals surface area contributed by atoms with Crippen LogP contribution in [0.4, 0.5) is 11.4 Å². The molecule has 0 bridgehead atoms. The maximum atomic E-state index is 11.7. The van der Waals surface area contributed by atoms with Gasteiger partial charge in [-0.05, 0) is 99.9 Å². The Morgan fingerprint density at radius 1 is 1.02 bits per heavy atom. The molecule has 6 heteroatoms. The van der Waals surface area contributed by atoms with E-state index in [2.05, 4.69) is 129 Å². The summed E-state index contributed by atoms with van der Waals surface area (Å²) in [6.45, 7) is 13.5. The summed E-state index contributed by atoms with van der Waals surface area (Å²) in [5.74, 6) is -0.844. The van der Waals surface area contributed by atoms with E-state index in [0.29, 0.717) is 31.5 Å². The van der Waals surface area contributed by atoms with Gasteiger partial charge in [0.25, 0.3) is 0 Å². The van der Waals surface area contributed by atoms with Crippen LogP contribution >= 0.6 is 0 Å². The number of nitrogens with one attached hydrogen (secondary N) is 1. The lowest BCUT2D eigenvalue weighted by Gasteiger charge is -2.34. The van der Waals surface area contributed by atoms with Gasteiger partial charge in [0.2, 0.25) is 0 Å². The monoisotopic (exact) mass is 755 g/mol. The van der Waals surface area contributed by atoms with E-state index in [1.165, 1.54) is 27.1 Å². The van der Waals surface area contributed by atoms with Gasteiger partial charge in [0.15, 0.2) is 0 Å². The lowest BCUT2D eigenvalue weighted by molar-refractivity contribution is -0.136. The number of benzene rings is 4. The Hall–Kier alpha value is -6.19. The number of hydrogen-bond acceptors (Lipinski definition) is 5. The Labute approximate surface area is 336 Å². The standard InChI is InChI=1S/C51H53N3O3/c1-6-17-39-38(7-2)26-27-44-47(39)50(3,4)45(54(44)32-16-33-55)28-25-37(35-52)20-15-30-51(5,34-36-18-9-8-10-19-36)48-42-23-13-11-21-40(42)41-22-12-14-24-43(41)49(48)53-31-29-46(56)57/h6-10,12,14-15,17-28,33,53H,1,11,13,16,29-32,34H2,2-5H3,(H,56,57)/b20-15+,37-25-,38-7-,39-17+,45-28-. The first-order valence-corrected chi connectivity index (χ1v) is 20.0. The highest BCUT2D eigenvalue weighted by Gasteiger charge is 2.40. The first-order chi connectivity index (χ1) is 27.6. The first kappa shape index (κ1) is 40.5. The average molecular weight is 756 g/mol. The van der Waals surface area contributed by atoms with Crippen molar-refractivity contribution in [3.8, 4) is 6.07 Å². The fraction of sp³-hybridized carbons (Fsp3) is 0.275. The van der Waals surface area contributed by atoms with Crippen molar-refractivity contribution >= 4 is 58.7 Å². The molecule has 1 unspecified atom stereocenters. The maximum Gasteiger partial charge on any atom is 0.305 e. The van der Waals surface area contributed by atoms with Crippen molar-refractivity contribution in [1.29, 1.82) is 5.26 Å². The number of nitrogens with zero attached hydrogens (tertiary/aromatic N) is 2. The van der Waals surface area contributed by atoms with Crippen molar-refractivity contribution in [2.24, 2.45) is 0 Å². The van der Waals surface area contributed by atoms with E-state index in [1.807, 2.05) is 43.4 Å². The van der Waals surface area contributed by atoms with E-state index >= 15 is 0 Å². The summed E-state index contributed by atoms with van der Waals surface area (Å²) in [5.41, 5.74) is 6.27. The minimum Gasteiger partial charge on any atom is -0.481 e. The number of aliphatic carboxylic acids is 1. The van der Waals surface area contributed by atoms with E-state index in [-0.39, 0.29) is 6.42 Å². The topological polar surface area (TPSA) is 93.4 Å². The SMILES string of the molecule is C=C/C=c1/c2c(cc/c1=C/C)N(CCC=O)\C(=C/C=C(C#N)/C=C/CC(C)(Cc1ccccc1)c1c(NCCC(=O)O)c3ccccc3c3c1=CCCC=3)C2(C)C. The number of fused-ring (bicyclic) bond motifs is 4. The van der Waals surface area contributed by atoms with Gasteiger partial charge in [0.05, 0.1) is 18.1 Å². The highest BCUT2D eigenvalue weighted by molar-refractivity contribution is 5.97. The van der Waals surface area contributed by atoms with Crippen molar-refractivity contribution in [3.05, 3.63) is 153 Å². The second-order valence-electron chi connectivity index (χ2n) is 15.7. The maximum absolute atomic E-state index is 11.7. The van der Waals surface area contributed by atoms with Gasteiger partial charge in [-0.3, -0.25) is 4.79 Å². The molecule has 1 heterocycles. The van der Waals surface area contributed by atoms with Gasteiger partial charge >= 0.3 is 5.97 Å². The van der Waals surface area contributed by atoms with Crippen LogP contribution < -0.4 is 31.1 Å². The molecule has 0 spiro atoms. The predicted molar refractivity (Wildman–Crippen MR) is 237 cm³/mol. The number of aldehydes is 1. The summed E-state index contributed by atoms with van der Waals surface area (Å²) in [7, 11) is 0. The zero-order valence-electron chi connectivity index (χ0n) is 33.6. The molecule has 1 aliphatic heterocycles. The summed E-state index contributed by atoms with van der Waals surface area (Å²) in [5, 5.41) is 30.6. The third kappa shape index (κ3) is 8.34. The van der Waals surface area contributed by atoms with E-state index in [0.717, 1.165) is 63.8 Å². The number of rotatable bonds is 15. The third-order valence-corrected chi connectivity index (χ3v) is 11.4. The smallest absolute Gasteiger partial charge is 0.305 e. The molecule has 0 aromatic heterocycles. The Balaban J connectivity index is 1.46. The molecule has 4 aromatic carbocycles. The lowest BCUT2D eigenvalue weighted by atomic mass is 9.71. The number of carbonyl (C=O) groups excluding carboxylic acids is 1. The van der Waals surface area contributed by atoms with Crippen LogP contribution in [0.15, 0.2) is 115 Å². The second kappa shape index (κ2) is 17.7. The summed E-state index contributed by atoms with van der Waals surface area (Å²) < 4.78 is 0. The fourth-order valence-electron chi connectivity index (χ4n) is 8.90. The Morgan fingerprint density at radius 3 is 2.42 bits per heavy atom. The number of carbonyl (C=O) groups is 2. The van der Waals surface area contributed by atoms with E-state index in [4.69, 9.17) is 0 Å². The molecule has 4 aromatic rings. The van der Waals surface area contributed by atoms with E-state index in [9.17, 15) is 20.0 Å². The fourth-order valence-corrected chi connectivity index (χ4v) is 8.90. The molecule has 2 aliphatic rings. The molecule has 1 aliphatic carbocycles. The number of carboxylic acids is 1. The molecule has 0 radical (unpaired) electrons. The third-order valence-electron chi connectivity index (χ3n) is 11.4. The van der Waals surface area contributed by atoms with Gasteiger partial charge in [0, 0.05) is 52.8 Å². The second-order valence-corrected chi connectivity index (χ2v) is 15.7. The van der Waals surface area contributed by atoms with Crippen LogP contribution in [0.2, 0.25) is 0 Å². The summed E-state index contributed by atoms with van der Waals surface area (Å²) in [4.78, 5) is 25.5. The molecule has 57 heavy (non-hydrogen) atoms. The van der Waals surface area contributed by atoms with Gasteiger partial charge in [-0.1, -0.05) is 124 Å². The Kier molecular flexibility index (Phi) is 12.6. The molecular formula is C51H53N3O3. The minimum atomic E-state index is -0.844. The van der Waals surface area contributed by atoms with Crippen LogP contribution in [0.3, 0.4) is 0 Å². The van der Waals surface area contributed by atoms with Crippen molar-refractivity contribution in [3.63, 3.8) is 0 Å². The molecule has 6 nitrogen and oxygen atoms in total. The Bertz CT molecular complexity index is 2590. The molecule has 0 amide bonds. The zero-order valence-corrected chi connectivity index (χ0v) is 33.6. The van der Waals surface area contributed by atoms with Crippen molar-refractivity contribution in [1.82, 2.24) is 0 Å². The molecule has 290 valence electrons. The predicted octanol–water partition coefficient (Wildman–Crippen LogP) is 8.02. The highest BCUT2D eigenvalue weighted by Crippen LogP contribution is 2.46. The number of nitriles is 1. The number of hydrogen-bond donors (Lipinski definition) is 2. The van der Waals surface area contributed by atoms with Gasteiger partial charge in [-0.15, -0.1) is 0 Å². The van der Waals surface area contributed by atoms with Gasteiger partial charge in [0.1, 0.15) is 6.29 Å². The van der Waals surface area contributed by atoms with Crippen LogP contribution in [0.25, 0.3) is 35.1 Å². The van der Waals surface area contributed by atoms with Crippen molar-refractivity contribution < 1.29 is 14.7 Å². The van der Waals surface area contributed by atoms with Gasteiger partial charge in [-0.2, -0.15) is 5.26 Å². The van der Waals surface area contributed by atoms with Crippen LogP contribution in [0, 0.1) is 11.3 Å². The zero-order chi connectivity index (χ0) is 40.6. The molecule has 2 N–H and O–H groups in total. The Morgan fingerprint density at radius 2 is 1.74 bits per heavy atom. The quantitative estimate of drug-likeness (QED) is 0.0726. The highest BCUT2D eigenvalue weighted by atomic mass is 16.4. The molecule has 0 fully saturated rings. The van der Waals surface area contributed by atoms with Crippen LogP contribution in [0.5, 0.6) is 0 Å². The summed E-state index contributed by atoms with van der Waals surface area (Å²) in [6, 6.07) is 25.6. The summed E-state index contributed by atoms with van der Waals surface area (Å²) in [6.07, 6.45) is 23.2. The lowest BCUT2D eigenvalue weighted by Crippen LogP contribution is -2.41. The van der Waals surface area contributed by atoms with Crippen LogP contribution in [-0.4, -0.2) is 30.5 Å². The molecule has 0 saturated heterocycles.